The van der Waals surface area contributed by atoms with Crippen LogP contribution in [0, 0.1) is 17.3 Å². The van der Waals surface area contributed by atoms with Gasteiger partial charge >= 0.3 is 5.97 Å². The van der Waals surface area contributed by atoms with Crippen LogP contribution in [0.15, 0.2) is 0 Å². The van der Waals surface area contributed by atoms with Crippen molar-refractivity contribution >= 4 is 5.97 Å². The van der Waals surface area contributed by atoms with Crippen LogP contribution in [0.25, 0.3) is 0 Å². The second-order valence-electron chi connectivity index (χ2n) is 5.82. The fraction of sp³-hybridized carbons (Fsp3) is 0.923. The Balaban J connectivity index is 2.03. The average molecular weight is 225 g/mol. The van der Waals surface area contributed by atoms with E-state index in [1.807, 2.05) is 0 Å². The second-order valence-corrected chi connectivity index (χ2v) is 5.82. The van der Waals surface area contributed by atoms with Crippen molar-refractivity contribution in [3.63, 3.8) is 0 Å². The summed E-state index contributed by atoms with van der Waals surface area (Å²) >= 11 is 0. The summed E-state index contributed by atoms with van der Waals surface area (Å²) in [5, 5.41) is 9.00. The van der Waals surface area contributed by atoms with Crippen LogP contribution in [0.5, 0.6) is 0 Å². The molecule has 0 radical (unpaired) electrons. The van der Waals surface area contributed by atoms with E-state index in [0.717, 1.165) is 24.7 Å². The lowest BCUT2D eigenvalue weighted by atomic mass is 9.60. The molecule has 2 aliphatic carbocycles. The molecule has 3 unspecified atom stereocenters. The standard InChI is InChI=1S/C13H23NO2/c14-9-13(8-12(15)16)6-5-10-3-1-2-4-11(10)7-13/h10-11H,1-9,14H2,(H,15,16). The summed E-state index contributed by atoms with van der Waals surface area (Å²) in [5.74, 6) is 0.937. The van der Waals surface area contributed by atoms with Gasteiger partial charge in [0.05, 0.1) is 6.42 Å². The lowest BCUT2D eigenvalue weighted by molar-refractivity contribution is -0.141. The minimum Gasteiger partial charge on any atom is -0.481 e. The number of nitrogens with two attached hydrogens (primary N) is 1. The third kappa shape index (κ3) is 2.40. The molecule has 0 bridgehead atoms. The molecule has 0 aliphatic heterocycles. The van der Waals surface area contributed by atoms with E-state index in [4.69, 9.17) is 10.8 Å². The van der Waals surface area contributed by atoms with E-state index in [2.05, 4.69) is 0 Å². The first-order valence-electron chi connectivity index (χ1n) is 6.57. The molecule has 0 spiro atoms. The van der Waals surface area contributed by atoms with E-state index in [1.54, 1.807) is 0 Å². The van der Waals surface area contributed by atoms with E-state index in [-0.39, 0.29) is 11.8 Å². The Kier molecular flexibility index (Phi) is 3.53. The van der Waals surface area contributed by atoms with Gasteiger partial charge in [-0.2, -0.15) is 0 Å². The third-order valence-electron chi connectivity index (χ3n) is 4.77. The van der Waals surface area contributed by atoms with Crippen molar-refractivity contribution in [2.75, 3.05) is 6.54 Å². The highest BCUT2D eigenvalue weighted by atomic mass is 16.4. The van der Waals surface area contributed by atoms with Crippen LogP contribution in [0.4, 0.5) is 0 Å². The Morgan fingerprint density at radius 3 is 2.56 bits per heavy atom. The first-order valence-corrected chi connectivity index (χ1v) is 6.57. The van der Waals surface area contributed by atoms with Gasteiger partial charge in [0.1, 0.15) is 0 Å². The molecule has 0 heterocycles. The molecule has 0 saturated heterocycles. The minimum absolute atomic E-state index is 0.0929. The van der Waals surface area contributed by atoms with Gasteiger partial charge in [-0.25, -0.2) is 0 Å². The quantitative estimate of drug-likeness (QED) is 0.775. The highest BCUT2D eigenvalue weighted by Gasteiger charge is 2.41. The first-order chi connectivity index (χ1) is 7.65. The zero-order valence-corrected chi connectivity index (χ0v) is 9.95. The predicted molar refractivity (Wildman–Crippen MR) is 63.0 cm³/mol. The summed E-state index contributed by atoms with van der Waals surface area (Å²) in [4.78, 5) is 10.9. The molecular formula is C13H23NO2. The maximum atomic E-state index is 10.9. The van der Waals surface area contributed by atoms with E-state index < -0.39 is 5.97 Å². The molecule has 3 N–H and O–H groups in total. The van der Waals surface area contributed by atoms with Crippen molar-refractivity contribution < 1.29 is 9.90 Å². The fourth-order valence-corrected chi connectivity index (χ4v) is 3.82. The fourth-order valence-electron chi connectivity index (χ4n) is 3.82. The molecule has 3 atom stereocenters. The van der Waals surface area contributed by atoms with E-state index in [0.29, 0.717) is 6.54 Å². The maximum Gasteiger partial charge on any atom is 0.303 e. The summed E-state index contributed by atoms with van der Waals surface area (Å²) < 4.78 is 0. The number of hydrogen-bond acceptors (Lipinski definition) is 2. The Morgan fingerprint density at radius 1 is 1.25 bits per heavy atom. The number of carbonyl (C=O) groups is 1. The van der Waals surface area contributed by atoms with Gasteiger partial charge in [-0.05, 0) is 43.1 Å². The van der Waals surface area contributed by atoms with Crippen molar-refractivity contribution in [1.82, 2.24) is 0 Å². The van der Waals surface area contributed by atoms with Crippen molar-refractivity contribution in [1.29, 1.82) is 0 Å². The van der Waals surface area contributed by atoms with Crippen LogP contribution in [0.3, 0.4) is 0 Å². The minimum atomic E-state index is -0.681. The van der Waals surface area contributed by atoms with Gasteiger partial charge in [-0.3, -0.25) is 4.79 Å². The molecule has 2 rings (SSSR count). The Morgan fingerprint density at radius 2 is 1.94 bits per heavy atom. The number of rotatable bonds is 3. The molecule has 0 aromatic rings. The molecule has 2 aliphatic rings. The highest BCUT2D eigenvalue weighted by molar-refractivity contribution is 5.67. The van der Waals surface area contributed by atoms with Gasteiger partial charge < -0.3 is 10.8 Å². The van der Waals surface area contributed by atoms with Crippen LogP contribution in [0.2, 0.25) is 0 Å². The Bertz CT molecular complexity index is 267. The zero-order chi connectivity index (χ0) is 11.6. The summed E-state index contributed by atoms with van der Waals surface area (Å²) in [5.41, 5.74) is 5.75. The van der Waals surface area contributed by atoms with Crippen molar-refractivity contribution in [3.8, 4) is 0 Å². The molecule has 16 heavy (non-hydrogen) atoms. The summed E-state index contributed by atoms with van der Waals surface area (Å²) in [7, 11) is 0. The molecule has 3 heteroatoms. The average Bonchev–Trinajstić information content (AvgIpc) is 2.28. The summed E-state index contributed by atoms with van der Waals surface area (Å²) in [6.45, 7) is 0.544. The number of carboxylic acid groups (broad SMARTS) is 1. The lowest BCUT2D eigenvalue weighted by Gasteiger charge is -2.45. The normalized spacial score (nSPS) is 39.1. The molecule has 0 aromatic carbocycles. The van der Waals surface area contributed by atoms with Gasteiger partial charge in [0, 0.05) is 0 Å². The van der Waals surface area contributed by atoms with Gasteiger partial charge in [0.25, 0.3) is 0 Å². The summed E-state index contributed by atoms with van der Waals surface area (Å²) in [6.07, 6.45) is 8.91. The maximum absolute atomic E-state index is 10.9. The number of carboxylic acids is 1. The molecule has 0 aromatic heterocycles. The van der Waals surface area contributed by atoms with Crippen LogP contribution in [-0.4, -0.2) is 17.6 Å². The van der Waals surface area contributed by atoms with Crippen LogP contribution < -0.4 is 5.73 Å². The Labute approximate surface area is 97.4 Å². The lowest BCUT2D eigenvalue weighted by Crippen LogP contribution is -2.41. The molecule has 2 fully saturated rings. The second kappa shape index (κ2) is 4.74. The predicted octanol–water partition coefficient (Wildman–Crippen LogP) is 2.40. The van der Waals surface area contributed by atoms with E-state index >= 15 is 0 Å². The van der Waals surface area contributed by atoms with Gasteiger partial charge in [0.2, 0.25) is 0 Å². The molecule has 3 nitrogen and oxygen atoms in total. The smallest absolute Gasteiger partial charge is 0.303 e. The summed E-state index contributed by atoms with van der Waals surface area (Å²) in [6, 6.07) is 0. The molecule has 92 valence electrons. The van der Waals surface area contributed by atoms with E-state index in [9.17, 15) is 4.79 Å². The number of fused-ring (bicyclic) bond motifs is 1. The van der Waals surface area contributed by atoms with Crippen molar-refractivity contribution in [2.24, 2.45) is 23.0 Å². The van der Waals surface area contributed by atoms with Crippen molar-refractivity contribution in [3.05, 3.63) is 0 Å². The van der Waals surface area contributed by atoms with E-state index in [1.165, 1.54) is 32.1 Å². The first kappa shape index (κ1) is 11.9. The zero-order valence-electron chi connectivity index (χ0n) is 9.95. The van der Waals surface area contributed by atoms with Crippen molar-refractivity contribution in [2.45, 2.75) is 51.4 Å². The molecular weight excluding hydrogens is 202 g/mol. The van der Waals surface area contributed by atoms with Gasteiger partial charge in [0.15, 0.2) is 0 Å². The van der Waals surface area contributed by atoms with Gasteiger partial charge in [-0.15, -0.1) is 0 Å². The third-order valence-corrected chi connectivity index (χ3v) is 4.77. The molecule has 2 saturated carbocycles. The molecule has 0 amide bonds. The number of aliphatic carboxylic acids is 1. The number of hydrogen-bond donors (Lipinski definition) is 2. The van der Waals surface area contributed by atoms with Gasteiger partial charge in [-0.1, -0.05) is 25.7 Å². The Hall–Kier alpha value is -0.570. The van der Waals surface area contributed by atoms with Crippen LogP contribution in [0.1, 0.15) is 51.4 Å². The largest absolute Gasteiger partial charge is 0.481 e. The highest BCUT2D eigenvalue weighted by Crippen LogP contribution is 2.49. The van der Waals surface area contributed by atoms with Crippen LogP contribution in [-0.2, 0) is 4.79 Å². The monoisotopic (exact) mass is 225 g/mol. The topological polar surface area (TPSA) is 63.3 Å². The van der Waals surface area contributed by atoms with Crippen LogP contribution >= 0.6 is 0 Å². The SMILES string of the molecule is NCC1(CC(=O)O)CCC2CCCCC2C1.